The normalized spacial score (nSPS) is 31.5. The van der Waals surface area contributed by atoms with Crippen LogP contribution in [0.15, 0.2) is 11.6 Å². The number of urea groups is 1. The molecule has 2 saturated heterocycles. The number of carbonyl (C=O) groups excluding carboxylic acids is 1. The Labute approximate surface area is 119 Å². The van der Waals surface area contributed by atoms with Crippen LogP contribution in [-0.4, -0.2) is 40.6 Å². The third-order valence-electron chi connectivity index (χ3n) is 4.95. The van der Waals surface area contributed by atoms with Crippen molar-refractivity contribution in [3.63, 3.8) is 0 Å². The summed E-state index contributed by atoms with van der Waals surface area (Å²) < 4.78 is 0. The first-order chi connectivity index (χ1) is 9.66. The fourth-order valence-electron chi connectivity index (χ4n) is 3.96. The Balaban J connectivity index is 1.51. The van der Waals surface area contributed by atoms with Crippen LogP contribution in [0.5, 0.6) is 0 Å². The molecule has 1 aliphatic carbocycles. The number of hydrogen-bond donors (Lipinski definition) is 2. The number of fused-ring (bicyclic) bond motifs is 2. The molecule has 0 aromatic carbocycles. The SMILES string of the molecule is O=C(O)C1CC2CCC1N2C(=O)NCCC1=CCCC1. The van der Waals surface area contributed by atoms with Gasteiger partial charge >= 0.3 is 12.0 Å². The van der Waals surface area contributed by atoms with Crippen molar-refractivity contribution in [2.45, 2.75) is 57.0 Å². The van der Waals surface area contributed by atoms with Crippen LogP contribution in [-0.2, 0) is 4.79 Å². The van der Waals surface area contributed by atoms with E-state index in [9.17, 15) is 14.7 Å². The van der Waals surface area contributed by atoms with E-state index in [0.717, 1.165) is 25.7 Å². The molecule has 0 radical (unpaired) electrons. The van der Waals surface area contributed by atoms with Gasteiger partial charge in [0.15, 0.2) is 0 Å². The maximum Gasteiger partial charge on any atom is 0.317 e. The van der Waals surface area contributed by atoms with Crippen molar-refractivity contribution in [2.24, 2.45) is 5.92 Å². The van der Waals surface area contributed by atoms with Crippen LogP contribution in [0.25, 0.3) is 0 Å². The minimum absolute atomic E-state index is 0.0696. The van der Waals surface area contributed by atoms with E-state index in [1.54, 1.807) is 4.90 Å². The highest BCUT2D eigenvalue weighted by Gasteiger charge is 2.51. The fraction of sp³-hybridized carbons (Fsp3) is 0.733. The summed E-state index contributed by atoms with van der Waals surface area (Å²) >= 11 is 0. The molecule has 110 valence electrons. The summed E-state index contributed by atoms with van der Waals surface area (Å²) in [7, 11) is 0. The summed E-state index contributed by atoms with van der Waals surface area (Å²) in [6, 6.07) is -0.0326. The Morgan fingerprint density at radius 1 is 1.40 bits per heavy atom. The van der Waals surface area contributed by atoms with Gasteiger partial charge in [-0.15, -0.1) is 0 Å². The predicted molar refractivity (Wildman–Crippen MR) is 74.3 cm³/mol. The third kappa shape index (κ3) is 2.41. The van der Waals surface area contributed by atoms with Gasteiger partial charge in [0.05, 0.1) is 5.92 Å². The zero-order chi connectivity index (χ0) is 14.1. The van der Waals surface area contributed by atoms with Crippen molar-refractivity contribution in [1.29, 1.82) is 0 Å². The summed E-state index contributed by atoms with van der Waals surface area (Å²) in [4.78, 5) is 25.2. The second kappa shape index (κ2) is 5.46. The van der Waals surface area contributed by atoms with Gasteiger partial charge in [-0.2, -0.15) is 0 Å². The van der Waals surface area contributed by atoms with Gasteiger partial charge < -0.3 is 15.3 Å². The standard InChI is InChI=1S/C15H22N2O3/c18-14(19)12-9-11-5-6-13(12)17(11)15(20)16-8-7-10-3-1-2-4-10/h3,11-13H,1-2,4-9H2,(H,16,20)(H,18,19). The van der Waals surface area contributed by atoms with E-state index in [1.807, 2.05) is 0 Å². The second-order valence-corrected chi connectivity index (χ2v) is 6.12. The predicted octanol–water partition coefficient (Wildman–Crippen LogP) is 2.13. The quantitative estimate of drug-likeness (QED) is 0.774. The lowest BCUT2D eigenvalue weighted by Crippen LogP contribution is -2.44. The summed E-state index contributed by atoms with van der Waals surface area (Å²) in [6.07, 6.45) is 9.17. The molecule has 3 rings (SSSR count). The van der Waals surface area contributed by atoms with Gasteiger partial charge in [-0.3, -0.25) is 4.79 Å². The summed E-state index contributed by atoms with van der Waals surface area (Å²) in [5, 5.41) is 12.2. The smallest absolute Gasteiger partial charge is 0.317 e. The highest BCUT2D eigenvalue weighted by molar-refractivity contribution is 5.79. The molecule has 3 unspecified atom stereocenters. The number of carboxylic acid groups (broad SMARTS) is 1. The second-order valence-electron chi connectivity index (χ2n) is 6.12. The number of carboxylic acids is 1. The average Bonchev–Trinajstić information content (AvgIpc) is 3.13. The molecule has 0 aromatic heterocycles. The average molecular weight is 278 g/mol. The number of carbonyl (C=O) groups is 2. The van der Waals surface area contributed by atoms with E-state index in [2.05, 4.69) is 11.4 Å². The molecule has 0 saturated carbocycles. The van der Waals surface area contributed by atoms with Gasteiger partial charge in [-0.25, -0.2) is 4.79 Å². The van der Waals surface area contributed by atoms with E-state index < -0.39 is 5.97 Å². The third-order valence-corrected chi connectivity index (χ3v) is 4.95. The molecule has 3 atom stereocenters. The van der Waals surface area contributed by atoms with E-state index in [-0.39, 0.29) is 24.0 Å². The van der Waals surface area contributed by atoms with Crippen molar-refractivity contribution in [3.05, 3.63) is 11.6 Å². The maximum atomic E-state index is 12.3. The number of rotatable bonds is 4. The number of nitrogens with zero attached hydrogens (tertiary/aromatic N) is 1. The minimum Gasteiger partial charge on any atom is -0.481 e. The van der Waals surface area contributed by atoms with Gasteiger partial charge in [0, 0.05) is 18.6 Å². The van der Waals surface area contributed by atoms with Gasteiger partial charge in [-0.1, -0.05) is 11.6 Å². The van der Waals surface area contributed by atoms with Gasteiger partial charge in [-0.05, 0) is 44.9 Å². The Bertz CT molecular complexity index is 446. The Hall–Kier alpha value is -1.52. The van der Waals surface area contributed by atoms with Crippen LogP contribution in [0.3, 0.4) is 0 Å². The monoisotopic (exact) mass is 278 g/mol. The highest BCUT2D eigenvalue weighted by Crippen LogP contribution is 2.41. The lowest BCUT2D eigenvalue weighted by atomic mass is 9.89. The van der Waals surface area contributed by atoms with E-state index in [4.69, 9.17) is 0 Å². The van der Waals surface area contributed by atoms with Gasteiger partial charge in [0.2, 0.25) is 0 Å². The molecule has 2 heterocycles. The van der Waals surface area contributed by atoms with Crippen LogP contribution in [0.4, 0.5) is 4.79 Å². The maximum absolute atomic E-state index is 12.3. The van der Waals surface area contributed by atoms with Crippen molar-refractivity contribution in [1.82, 2.24) is 10.2 Å². The lowest BCUT2D eigenvalue weighted by Gasteiger charge is -2.23. The molecule has 2 amide bonds. The Kier molecular flexibility index (Phi) is 3.68. The lowest BCUT2D eigenvalue weighted by molar-refractivity contribution is -0.142. The molecular formula is C15H22N2O3. The Morgan fingerprint density at radius 3 is 2.90 bits per heavy atom. The molecule has 2 aliphatic heterocycles. The molecule has 2 N–H and O–H groups in total. The van der Waals surface area contributed by atoms with Gasteiger partial charge in [0.25, 0.3) is 0 Å². The molecule has 20 heavy (non-hydrogen) atoms. The summed E-state index contributed by atoms with van der Waals surface area (Å²) in [5.74, 6) is -1.12. The van der Waals surface area contributed by atoms with Crippen LogP contribution in [0, 0.1) is 5.92 Å². The number of amides is 2. The first kappa shape index (κ1) is 13.5. The molecule has 5 nitrogen and oxygen atoms in total. The van der Waals surface area contributed by atoms with Crippen molar-refractivity contribution < 1.29 is 14.7 Å². The van der Waals surface area contributed by atoms with Crippen LogP contribution in [0.2, 0.25) is 0 Å². The number of hydrogen-bond acceptors (Lipinski definition) is 2. The van der Waals surface area contributed by atoms with Crippen LogP contribution < -0.4 is 5.32 Å². The highest BCUT2D eigenvalue weighted by atomic mass is 16.4. The first-order valence-corrected chi connectivity index (χ1v) is 7.63. The summed E-state index contributed by atoms with van der Waals surface area (Å²) in [6.45, 7) is 0.665. The van der Waals surface area contributed by atoms with Crippen LogP contribution in [0.1, 0.15) is 44.9 Å². The van der Waals surface area contributed by atoms with Crippen molar-refractivity contribution in [3.8, 4) is 0 Å². The topological polar surface area (TPSA) is 69.6 Å². The minimum atomic E-state index is -0.758. The van der Waals surface area contributed by atoms with Crippen molar-refractivity contribution >= 4 is 12.0 Å². The largest absolute Gasteiger partial charge is 0.481 e. The zero-order valence-electron chi connectivity index (χ0n) is 11.7. The first-order valence-electron chi connectivity index (χ1n) is 7.63. The fourth-order valence-corrected chi connectivity index (χ4v) is 3.96. The number of aliphatic carboxylic acids is 1. The molecular weight excluding hydrogens is 256 g/mol. The molecule has 2 bridgehead atoms. The van der Waals surface area contributed by atoms with E-state index >= 15 is 0 Å². The number of allylic oxidation sites excluding steroid dienone is 1. The van der Waals surface area contributed by atoms with E-state index in [1.165, 1.54) is 18.4 Å². The zero-order valence-corrected chi connectivity index (χ0v) is 11.7. The van der Waals surface area contributed by atoms with E-state index in [0.29, 0.717) is 13.0 Å². The van der Waals surface area contributed by atoms with Crippen LogP contribution >= 0.6 is 0 Å². The molecule has 0 spiro atoms. The van der Waals surface area contributed by atoms with Gasteiger partial charge in [0.1, 0.15) is 0 Å². The summed E-state index contributed by atoms with van der Waals surface area (Å²) in [5.41, 5.74) is 1.44. The molecule has 2 fully saturated rings. The molecule has 5 heteroatoms. The molecule has 3 aliphatic rings. The number of nitrogens with one attached hydrogen (secondary N) is 1. The molecule has 0 aromatic rings. The Morgan fingerprint density at radius 2 is 2.25 bits per heavy atom. The van der Waals surface area contributed by atoms with Crippen molar-refractivity contribution in [2.75, 3.05) is 6.54 Å².